The maximum absolute atomic E-state index is 5.75. The number of hydrogen-bond acceptors (Lipinski definition) is 3. The Balaban J connectivity index is 3.12. The number of thiocarbonyl (C=S) groups is 1. The molecule has 0 atom stereocenters. The fourth-order valence-electron chi connectivity index (χ4n) is 1.77. The fourth-order valence-corrected chi connectivity index (χ4v) is 2.02. The molecule has 0 radical (unpaired) electrons. The van der Waals surface area contributed by atoms with Crippen molar-refractivity contribution in [1.82, 2.24) is 4.98 Å². The Hall–Kier alpha value is -1.16. The minimum atomic E-state index is 0.413. The van der Waals surface area contributed by atoms with Gasteiger partial charge in [-0.15, -0.1) is 0 Å². The highest BCUT2D eigenvalue weighted by Gasteiger charge is 2.14. The first-order valence-electron chi connectivity index (χ1n) is 5.40. The van der Waals surface area contributed by atoms with Gasteiger partial charge in [0, 0.05) is 19.8 Å². The molecule has 0 saturated heterocycles. The van der Waals surface area contributed by atoms with Crippen molar-refractivity contribution in [3.63, 3.8) is 0 Å². The van der Waals surface area contributed by atoms with Crippen LogP contribution in [0.25, 0.3) is 0 Å². The third-order valence-corrected chi connectivity index (χ3v) is 2.59. The maximum Gasteiger partial charge on any atom is 0.138 e. The van der Waals surface area contributed by atoms with Gasteiger partial charge in [-0.1, -0.05) is 26.1 Å². The lowest BCUT2D eigenvalue weighted by atomic mass is 10.1. The van der Waals surface area contributed by atoms with Gasteiger partial charge in [0.25, 0.3) is 0 Å². The molecule has 0 aliphatic heterocycles. The summed E-state index contributed by atoms with van der Waals surface area (Å²) in [7, 11) is 2.02. The van der Waals surface area contributed by atoms with E-state index in [-0.39, 0.29) is 0 Å². The molecule has 0 bridgehead atoms. The largest absolute Gasteiger partial charge is 0.389 e. The Morgan fingerprint density at radius 1 is 1.56 bits per heavy atom. The van der Waals surface area contributed by atoms with Crippen LogP contribution in [0.3, 0.4) is 0 Å². The molecule has 0 amide bonds. The molecule has 0 fully saturated rings. The van der Waals surface area contributed by atoms with Crippen LogP contribution in [0.4, 0.5) is 5.82 Å². The average molecular weight is 237 g/mol. The first-order chi connectivity index (χ1) is 7.43. The number of hydrogen-bond donors (Lipinski definition) is 1. The summed E-state index contributed by atoms with van der Waals surface area (Å²) < 4.78 is 0. The number of aromatic nitrogens is 1. The second-order valence-electron chi connectivity index (χ2n) is 4.47. The van der Waals surface area contributed by atoms with Crippen LogP contribution in [0.2, 0.25) is 0 Å². The maximum atomic E-state index is 5.75. The van der Waals surface area contributed by atoms with Crippen LogP contribution in [-0.4, -0.2) is 23.6 Å². The van der Waals surface area contributed by atoms with Crippen molar-refractivity contribution in [1.29, 1.82) is 0 Å². The second kappa shape index (κ2) is 5.25. The molecule has 2 N–H and O–H groups in total. The Bertz CT molecular complexity index is 388. The molecule has 0 aliphatic rings. The van der Waals surface area contributed by atoms with E-state index in [1.165, 1.54) is 0 Å². The summed E-state index contributed by atoms with van der Waals surface area (Å²) in [6, 6.07) is 1.93. The zero-order valence-electron chi connectivity index (χ0n) is 10.3. The van der Waals surface area contributed by atoms with Crippen LogP contribution >= 0.6 is 12.2 Å². The highest BCUT2D eigenvalue weighted by atomic mass is 32.1. The average Bonchev–Trinajstić information content (AvgIpc) is 2.15. The van der Waals surface area contributed by atoms with E-state index in [1.54, 1.807) is 6.20 Å². The molecular formula is C12H19N3S. The first-order valence-corrected chi connectivity index (χ1v) is 5.80. The predicted molar refractivity (Wildman–Crippen MR) is 73.0 cm³/mol. The highest BCUT2D eigenvalue weighted by molar-refractivity contribution is 7.80. The van der Waals surface area contributed by atoms with Crippen molar-refractivity contribution in [3.8, 4) is 0 Å². The quantitative estimate of drug-likeness (QED) is 0.815. The summed E-state index contributed by atoms with van der Waals surface area (Å²) >= 11 is 5.08. The van der Waals surface area contributed by atoms with Gasteiger partial charge in [-0.05, 0) is 24.5 Å². The number of nitrogens with zero attached hydrogens (tertiary/aromatic N) is 2. The molecule has 3 nitrogen and oxygen atoms in total. The Labute approximate surface area is 103 Å². The van der Waals surface area contributed by atoms with E-state index in [0.29, 0.717) is 10.9 Å². The van der Waals surface area contributed by atoms with Gasteiger partial charge in [-0.25, -0.2) is 4.98 Å². The molecule has 1 rings (SSSR count). The van der Waals surface area contributed by atoms with E-state index in [9.17, 15) is 0 Å². The normalized spacial score (nSPS) is 10.6. The monoisotopic (exact) mass is 237 g/mol. The SMILES string of the molecule is Cc1ccnc(N(C)CC(C)C)c1C(N)=S. The Morgan fingerprint density at radius 2 is 2.19 bits per heavy atom. The molecule has 88 valence electrons. The number of nitrogens with two attached hydrogens (primary N) is 1. The van der Waals surface area contributed by atoms with Crippen LogP contribution in [0.15, 0.2) is 12.3 Å². The summed E-state index contributed by atoms with van der Waals surface area (Å²) in [5, 5.41) is 0. The lowest BCUT2D eigenvalue weighted by molar-refractivity contribution is 0.634. The molecule has 1 aromatic rings. The summed E-state index contributed by atoms with van der Waals surface area (Å²) in [6.45, 7) is 7.29. The Kier molecular flexibility index (Phi) is 4.24. The van der Waals surface area contributed by atoms with E-state index in [1.807, 2.05) is 20.0 Å². The molecule has 0 aromatic carbocycles. The Morgan fingerprint density at radius 3 is 2.69 bits per heavy atom. The lowest BCUT2D eigenvalue weighted by Gasteiger charge is -2.23. The fraction of sp³-hybridized carbons (Fsp3) is 0.500. The summed E-state index contributed by atoms with van der Waals surface area (Å²) in [6.07, 6.45) is 1.79. The molecule has 1 aromatic heterocycles. The molecule has 0 aliphatic carbocycles. The summed E-state index contributed by atoms with van der Waals surface area (Å²) in [4.78, 5) is 6.89. The van der Waals surface area contributed by atoms with Crippen molar-refractivity contribution in [2.75, 3.05) is 18.5 Å². The molecule has 0 saturated carbocycles. The first kappa shape index (κ1) is 12.9. The van der Waals surface area contributed by atoms with E-state index < -0.39 is 0 Å². The van der Waals surface area contributed by atoms with Crippen LogP contribution < -0.4 is 10.6 Å². The third-order valence-electron chi connectivity index (χ3n) is 2.39. The van der Waals surface area contributed by atoms with Gasteiger partial charge < -0.3 is 10.6 Å². The van der Waals surface area contributed by atoms with Gasteiger partial charge in [0.2, 0.25) is 0 Å². The number of anilines is 1. The second-order valence-corrected chi connectivity index (χ2v) is 4.90. The third kappa shape index (κ3) is 2.92. The van der Waals surface area contributed by atoms with Crippen LogP contribution in [-0.2, 0) is 0 Å². The van der Waals surface area contributed by atoms with Gasteiger partial charge in [0.05, 0.1) is 5.56 Å². The molecule has 0 unspecified atom stereocenters. The van der Waals surface area contributed by atoms with Crippen LogP contribution in [0.1, 0.15) is 25.0 Å². The van der Waals surface area contributed by atoms with Crippen molar-refractivity contribution in [2.24, 2.45) is 11.7 Å². The minimum absolute atomic E-state index is 0.413. The number of aryl methyl sites for hydroxylation is 1. The smallest absolute Gasteiger partial charge is 0.138 e. The lowest BCUT2D eigenvalue weighted by Crippen LogP contribution is -2.27. The van der Waals surface area contributed by atoms with Gasteiger partial charge in [-0.3, -0.25) is 0 Å². The van der Waals surface area contributed by atoms with E-state index in [0.717, 1.165) is 23.5 Å². The van der Waals surface area contributed by atoms with Gasteiger partial charge >= 0.3 is 0 Å². The van der Waals surface area contributed by atoms with E-state index in [4.69, 9.17) is 18.0 Å². The van der Waals surface area contributed by atoms with Gasteiger partial charge in [0.15, 0.2) is 0 Å². The standard InChI is InChI=1S/C12H19N3S/c1-8(2)7-15(4)12-10(11(13)16)9(3)5-6-14-12/h5-6,8H,7H2,1-4H3,(H2,13,16). The minimum Gasteiger partial charge on any atom is -0.389 e. The number of pyridine rings is 1. The van der Waals surface area contributed by atoms with Gasteiger partial charge in [0.1, 0.15) is 10.8 Å². The molecular weight excluding hydrogens is 218 g/mol. The van der Waals surface area contributed by atoms with Crippen LogP contribution in [0, 0.1) is 12.8 Å². The van der Waals surface area contributed by atoms with E-state index >= 15 is 0 Å². The molecule has 0 spiro atoms. The van der Waals surface area contributed by atoms with Crippen molar-refractivity contribution in [3.05, 3.63) is 23.4 Å². The topological polar surface area (TPSA) is 42.2 Å². The highest BCUT2D eigenvalue weighted by Crippen LogP contribution is 2.20. The summed E-state index contributed by atoms with van der Waals surface area (Å²) in [5.41, 5.74) is 7.72. The zero-order valence-corrected chi connectivity index (χ0v) is 11.1. The van der Waals surface area contributed by atoms with E-state index in [2.05, 4.69) is 23.7 Å². The molecule has 16 heavy (non-hydrogen) atoms. The van der Waals surface area contributed by atoms with Crippen molar-refractivity contribution < 1.29 is 0 Å². The van der Waals surface area contributed by atoms with Gasteiger partial charge in [-0.2, -0.15) is 0 Å². The van der Waals surface area contributed by atoms with Crippen LogP contribution in [0.5, 0.6) is 0 Å². The summed E-state index contributed by atoms with van der Waals surface area (Å²) in [5.74, 6) is 1.45. The molecule has 1 heterocycles. The van der Waals surface area contributed by atoms with Crippen molar-refractivity contribution in [2.45, 2.75) is 20.8 Å². The number of rotatable bonds is 4. The van der Waals surface area contributed by atoms with Crippen molar-refractivity contribution >= 4 is 23.0 Å². The molecule has 4 heteroatoms. The predicted octanol–water partition coefficient (Wildman–Crippen LogP) is 2.12. The zero-order chi connectivity index (χ0) is 12.3.